The van der Waals surface area contributed by atoms with Crippen LogP contribution >= 0.6 is 0 Å². The summed E-state index contributed by atoms with van der Waals surface area (Å²) in [6, 6.07) is 1.87. The first-order valence-electron chi connectivity index (χ1n) is 4.14. The number of allylic oxidation sites excluding steroid dienone is 4. The van der Waals surface area contributed by atoms with Gasteiger partial charge in [-0.05, 0) is 18.4 Å². The van der Waals surface area contributed by atoms with E-state index in [9.17, 15) is 4.39 Å². The Hall–Kier alpha value is -1.10. The minimum atomic E-state index is -0.262. The highest BCUT2D eigenvalue weighted by atomic mass is 19.1. The van der Waals surface area contributed by atoms with Gasteiger partial charge in [0.2, 0.25) is 0 Å². The van der Waals surface area contributed by atoms with Crippen molar-refractivity contribution in [2.24, 2.45) is 5.92 Å². The summed E-state index contributed by atoms with van der Waals surface area (Å²) < 4.78 is 12.9. The Morgan fingerprint density at radius 1 is 1.50 bits per heavy atom. The molecule has 1 aliphatic rings. The number of rotatable bonds is 1. The summed E-state index contributed by atoms with van der Waals surface area (Å²) in [6.07, 6.45) is 2.84. The fourth-order valence-electron chi connectivity index (χ4n) is 1.27. The van der Waals surface area contributed by atoms with Crippen molar-refractivity contribution in [3.63, 3.8) is 0 Å². The van der Waals surface area contributed by atoms with E-state index < -0.39 is 0 Å². The molecule has 0 spiro atoms. The van der Waals surface area contributed by atoms with Crippen LogP contribution in [0.3, 0.4) is 0 Å². The maximum Gasteiger partial charge on any atom is 0.118 e. The quantitative estimate of drug-likeness (QED) is 0.585. The van der Waals surface area contributed by atoms with Crippen LogP contribution in [-0.2, 0) is 0 Å². The molecule has 0 atom stereocenters. The Morgan fingerprint density at radius 2 is 2.17 bits per heavy atom. The van der Waals surface area contributed by atoms with E-state index >= 15 is 0 Å². The lowest BCUT2D eigenvalue weighted by Crippen LogP contribution is -2.00. The second-order valence-electron chi connectivity index (χ2n) is 3.30. The van der Waals surface area contributed by atoms with Gasteiger partial charge in [-0.3, -0.25) is 0 Å². The van der Waals surface area contributed by atoms with Gasteiger partial charge in [-0.2, -0.15) is 5.26 Å². The second kappa shape index (κ2) is 3.53. The maximum absolute atomic E-state index is 12.9. The monoisotopic (exact) mass is 165 g/mol. The molecule has 0 aliphatic heterocycles. The third kappa shape index (κ3) is 1.73. The van der Waals surface area contributed by atoms with Gasteiger partial charge in [0.25, 0.3) is 0 Å². The SMILES string of the molecule is CC(C)C1=CC(C#N)=C(F)CC1. The molecule has 0 radical (unpaired) electrons. The van der Waals surface area contributed by atoms with E-state index in [0.717, 1.165) is 6.42 Å². The summed E-state index contributed by atoms with van der Waals surface area (Å²) in [5.74, 6) is 0.156. The Morgan fingerprint density at radius 3 is 2.67 bits per heavy atom. The van der Waals surface area contributed by atoms with Gasteiger partial charge in [-0.15, -0.1) is 0 Å². The van der Waals surface area contributed by atoms with E-state index in [1.54, 1.807) is 6.08 Å². The van der Waals surface area contributed by atoms with Crippen molar-refractivity contribution in [1.29, 1.82) is 5.26 Å². The molecular formula is C10H12FN. The van der Waals surface area contributed by atoms with Crippen LogP contribution in [0.2, 0.25) is 0 Å². The van der Waals surface area contributed by atoms with Crippen LogP contribution in [0.15, 0.2) is 23.0 Å². The minimum absolute atomic E-state index is 0.213. The number of hydrogen-bond donors (Lipinski definition) is 0. The molecule has 0 fully saturated rings. The molecule has 0 heterocycles. The Kier molecular flexibility index (Phi) is 2.65. The zero-order chi connectivity index (χ0) is 9.14. The molecular weight excluding hydrogens is 153 g/mol. The van der Waals surface area contributed by atoms with Crippen molar-refractivity contribution in [2.45, 2.75) is 26.7 Å². The molecule has 0 amide bonds. The van der Waals surface area contributed by atoms with Crippen molar-refractivity contribution in [1.82, 2.24) is 0 Å². The molecule has 1 nitrogen and oxygen atoms in total. The average molecular weight is 165 g/mol. The predicted octanol–water partition coefficient (Wildman–Crippen LogP) is 3.11. The molecule has 0 aromatic carbocycles. The number of nitriles is 1. The molecule has 0 saturated heterocycles. The van der Waals surface area contributed by atoms with Crippen molar-refractivity contribution in [2.75, 3.05) is 0 Å². The predicted molar refractivity (Wildman–Crippen MR) is 45.9 cm³/mol. The Balaban J connectivity index is 2.93. The van der Waals surface area contributed by atoms with Gasteiger partial charge in [0, 0.05) is 6.42 Å². The number of nitrogens with zero attached hydrogens (tertiary/aromatic N) is 1. The lowest BCUT2D eigenvalue weighted by atomic mass is 9.91. The standard InChI is InChI=1S/C10H12FN/c1-7(2)8-3-4-10(11)9(5-8)6-12/h5,7H,3-4H2,1-2H3. The molecule has 2 heteroatoms. The summed E-state index contributed by atoms with van der Waals surface area (Å²) in [6.45, 7) is 4.12. The molecule has 1 aliphatic carbocycles. The minimum Gasteiger partial charge on any atom is -0.210 e. The van der Waals surface area contributed by atoms with E-state index in [0.29, 0.717) is 12.3 Å². The largest absolute Gasteiger partial charge is 0.210 e. The van der Waals surface area contributed by atoms with Crippen LogP contribution < -0.4 is 0 Å². The highest BCUT2D eigenvalue weighted by molar-refractivity contribution is 5.41. The lowest BCUT2D eigenvalue weighted by Gasteiger charge is -2.14. The molecule has 12 heavy (non-hydrogen) atoms. The van der Waals surface area contributed by atoms with Gasteiger partial charge in [0.15, 0.2) is 0 Å². The van der Waals surface area contributed by atoms with Gasteiger partial charge in [0.05, 0.1) is 5.57 Å². The summed E-state index contributed by atoms with van der Waals surface area (Å²) in [5.41, 5.74) is 1.39. The Bertz CT molecular complexity index is 279. The Labute approximate surface area is 72.2 Å². The first-order chi connectivity index (χ1) is 5.65. The van der Waals surface area contributed by atoms with Crippen LogP contribution in [0.4, 0.5) is 4.39 Å². The normalized spacial score (nSPS) is 17.8. The zero-order valence-corrected chi connectivity index (χ0v) is 7.39. The average Bonchev–Trinajstić information content (AvgIpc) is 2.05. The van der Waals surface area contributed by atoms with E-state index in [2.05, 4.69) is 13.8 Å². The van der Waals surface area contributed by atoms with Crippen molar-refractivity contribution < 1.29 is 4.39 Å². The van der Waals surface area contributed by atoms with Crippen LogP contribution in [0.25, 0.3) is 0 Å². The third-order valence-electron chi connectivity index (χ3n) is 2.12. The third-order valence-corrected chi connectivity index (χ3v) is 2.12. The van der Waals surface area contributed by atoms with Gasteiger partial charge >= 0.3 is 0 Å². The van der Waals surface area contributed by atoms with Crippen molar-refractivity contribution in [3.8, 4) is 6.07 Å². The summed E-state index contributed by atoms with van der Waals surface area (Å²) in [7, 11) is 0. The molecule has 0 unspecified atom stereocenters. The molecule has 0 bridgehead atoms. The first kappa shape index (κ1) is 8.99. The lowest BCUT2D eigenvalue weighted by molar-refractivity contribution is 0.560. The van der Waals surface area contributed by atoms with Crippen molar-refractivity contribution in [3.05, 3.63) is 23.0 Å². The number of hydrogen-bond acceptors (Lipinski definition) is 1. The van der Waals surface area contributed by atoms with E-state index in [4.69, 9.17) is 5.26 Å². The highest BCUT2D eigenvalue weighted by Gasteiger charge is 2.14. The van der Waals surface area contributed by atoms with Crippen molar-refractivity contribution >= 4 is 0 Å². The topological polar surface area (TPSA) is 23.8 Å². The molecule has 1 rings (SSSR count). The van der Waals surface area contributed by atoms with E-state index in [-0.39, 0.29) is 11.4 Å². The van der Waals surface area contributed by atoms with Crippen LogP contribution in [0.1, 0.15) is 26.7 Å². The number of halogens is 1. The summed E-state index contributed by atoms with van der Waals surface area (Å²) in [4.78, 5) is 0. The van der Waals surface area contributed by atoms with Gasteiger partial charge in [0.1, 0.15) is 11.9 Å². The molecule has 0 aromatic rings. The van der Waals surface area contributed by atoms with Gasteiger partial charge in [-0.1, -0.05) is 19.4 Å². The van der Waals surface area contributed by atoms with Crippen LogP contribution in [0.5, 0.6) is 0 Å². The molecule has 64 valence electrons. The first-order valence-corrected chi connectivity index (χ1v) is 4.14. The second-order valence-corrected chi connectivity index (χ2v) is 3.30. The zero-order valence-electron chi connectivity index (χ0n) is 7.39. The molecule has 0 aromatic heterocycles. The van der Waals surface area contributed by atoms with E-state index in [1.807, 2.05) is 6.07 Å². The maximum atomic E-state index is 12.9. The summed E-state index contributed by atoms with van der Waals surface area (Å²) in [5, 5.41) is 8.57. The smallest absolute Gasteiger partial charge is 0.118 e. The highest BCUT2D eigenvalue weighted by Crippen LogP contribution is 2.28. The molecule has 0 N–H and O–H groups in total. The van der Waals surface area contributed by atoms with E-state index in [1.165, 1.54) is 5.57 Å². The summed E-state index contributed by atoms with van der Waals surface area (Å²) >= 11 is 0. The van der Waals surface area contributed by atoms with Gasteiger partial charge in [-0.25, -0.2) is 4.39 Å². The fourth-order valence-corrected chi connectivity index (χ4v) is 1.27. The van der Waals surface area contributed by atoms with Gasteiger partial charge < -0.3 is 0 Å². The van der Waals surface area contributed by atoms with Crippen LogP contribution in [0, 0.1) is 17.2 Å². The fraction of sp³-hybridized carbons (Fsp3) is 0.500. The van der Waals surface area contributed by atoms with Crippen LogP contribution in [-0.4, -0.2) is 0 Å². The molecule has 0 saturated carbocycles.